The molecular weight excluding hydrogens is 444 g/mol. The molecule has 0 saturated carbocycles. The van der Waals surface area contributed by atoms with Crippen molar-refractivity contribution in [3.8, 4) is 11.5 Å². The topological polar surface area (TPSA) is 92.8 Å². The van der Waals surface area contributed by atoms with Crippen molar-refractivity contribution in [2.45, 2.75) is 19.3 Å². The number of amides is 2. The lowest BCUT2D eigenvalue weighted by molar-refractivity contribution is -0.121. The van der Waals surface area contributed by atoms with Gasteiger partial charge in [0.25, 0.3) is 5.91 Å². The van der Waals surface area contributed by atoms with Crippen LogP contribution in [0.15, 0.2) is 72.8 Å². The molecule has 0 atom stereocenters. The van der Waals surface area contributed by atoms with Crippen LogP contribution >= 0.6 is 0 Å². The van der Waals surface area contributed by atoms with Gasteiger partial charge in [-0.1, -0.05) is 36.4 Å². The van der Waals surface area contributed by atoms with Crippen molar-refractivity contribution < 1.29 is 19.1 Å². The smallest absolute Gasteiger partial charge is 0.273 e. The van der Waals surface area contributed by atoms with Crippen LogP contribution in [0, 0.1) is 0 Å². The number of pyridine rings is 1. The molecule has 182 valence electrons. The van der Waals surface area contributed by atoms with Crippen LogP contribution in [0.2, 0.25) is 0 Å². The molecule has 2 N–H and O–H groups in total. The summed E-state index contributed by atoms with van der Waals surface area (Å²) in [6.07, 6.45) is 2.49. The van der Waals surface area contributed by atoms with Gasteiger partial charge < -0.3 is 25.0 Å². The Bertz CT molecular complexity index is 1120. The summed E-state index contributed by atoms with van der Waals surface area (Å²) in [6, 6.07) is 22.3. The van der Waals surface area contributed by atoms with Crippen LogP contribution in [-0.4, -0.2) is 54.5 Å². The zero-order chi connectivity index (χ0) is 24.3. The van der Waals surface area contributed by atoms with Crippen LogP contribution in [0.5, 0.6) is 11.5 Å². The van der Waals surface area contributed by atoms with Crippen LogP contribution < -0.4 is 20.1 Å². The molecule has 35 heavy (non-hydrogen) atoms. The molecule has 0 aliphatic carbocycles. The van der Waals surface area contributed by atoms with Gasteiger partial charge in [-0.25, -0.2) is 4.98 Å². The number of nitrogens with one attached hydrogen (secondary N) is 2. The van der Waals surface area contributed by atoms with E-state index in [0.29, 0.717) is 32.1 Å². The normalized spacial score (nSPS) is 14.1. The van der Waals surface area contributed by atoms with E-state index < -0.39 is 0 Å². The molecule has 0 fully saturated rings. The first kappa shape index (κ1) is 24.1. The number of rotatable bonds is 6. The largest absolute Gasteiger partial charge is 0.492 e. The molecule has 1 aromatic heterocycles. The Morgan fingerprint density at radius 2 is 1.83 bits per heavy atom. The van der Waals surface area contributed by atoms with E-state index in [2.05, 4.69) is 15.6 Å². The number of hydrogen-bond donors (Lipinski definition) is 2. The van der Waals surface area contributed by atoms with Crippen molar-refractivity contribution in [3.05, 3.63) is 78.5 Å². The molecule has 0 unspecified atom stereocenters. The Morgan fingerprint density at radius 3 is 2.71 bits per heavy atom. The van der Waals surface area contributed by atoms with Crippen LogP contribution in [0.4, 0.5) is 11.5 Å². The first-order chi connectivity index (χ1) is 17.2. The monoisotopic (exact) mass is 474 g/mol. The number of ether oxygens (including phenoxy) is 2. The zero-order valence-electron chi connectivity index (χ0n) is 19.6. The molecule has 2 heterocycles. The molecule has 3 aromatic rings. The van der Waals surface area contributed by atoms with Crippen molar-refractivity contribution in [1.82, 2.24) is 15.2 Å². The Morgan fingerprint density at radius 1 is 1.00 bits per heavy atom. The molecule has 0 spiro atoms. The summed E-state index contributed by atoms with van der Waals surface area (Å²) in [5.74, 6) is 1.52. The Kier molecular flexibility index (Phi) is 8.53. The molecule has 4 rings (SSSR count). The quantitative estimate of drug-likeness (QED) is 0.524. The summed E-state index contributed by atoms with van der Waals surface area (Å²) in [6.45, 7) is 1.69. The minimum Gasteiger partial charge on any atom is -0.492 e. The predicted molar refractivity (Wildman–Crippen MR) is 134 cm³/mol. The second-order valence-corrected chi connectivity index (χ2v) is 8.18. The van der Waals surface area contributed by atoms with Crippen molar-refractivity contribution in [3.63, 3.8) is 0 Å². The van der Waals surface area contributed by atoms with Crippen molar-refractivity contribution >= 4 is 23.3 Å². The fourth-order valence-electron chi connectivity index (χ4n) is 3.74. The molecular formula is C27H30N4O4. The van der Waals surface area contributed by atoms with Gasteiger partial charge >= 0.3 is 0 Å². The fourth-order valence-corrected chi connectivity index (χ4v) is 3.74. The molecule has 1 aliphatic heterocycles. The lowest BCUT2D eigenvalue weighted by Gasteiger charge is -2.23. The van der Waals surface area contributed by atoms with Gasteiger partial charge in [0.15, 0.2) is 0 Å². The number of fused-ring (bicyclic) bond motifs is 3. The predicted octanol–water partition coefficient (Wildman–Crippen LogP) is 4.03. The van der Waals surface area contributed by atoms with Gasteiger partial charge in [-0.2, -0.15) is 0 Å². The van der Waals surface area contributed by atoms with E-state index in [9.17, 15) is 9.59 Å². The Hall–Kier alpha value is -4.07. The van der Waals surface area contributed by atoms with Gasteiger partial charge in [-0.15, -0.1) is 0 Å². The standard InChI is InChI=1S/C27H30N4O4/c32-26(28-16-19-34-21-10-3-1-4-11-21)20-31-17-7-2-8-18-35-24-14-6-5-12-22(24)29-25-15-9-13-23(30-25)27(31)33/h1,3-6,9-15H,2,7-8,16-20H2,(H,28,32)(H,29,30). The van der Waals surface area contributed by atoms with Crippen molar-refractivity contribution in [1.29, 1.82) is 0 Å². The minimum atomic E-state index is -0.272. The van der Waals surface area contributed by atoms with E-state index in [1.165, 1.54) is 0 Å². The van der Waals surface area contributed by atoms with Crippen LogP contribution in [0.1, 0.15) is 29.8 Å². The van der Waals surface area contributed by atoms with E-state index in [1.807, 2.05) is 54.6 Å². The number of carbonyl (C=O) groups is 2. The van der Waals surface area contributed by atoms with E-state index in [0.717, 1.165) is 36.4 Å². The van der Waals surface area contributed by atoms with Crippen molar-refractivity contribution in [2.24, 2.45) is 0 Å². The summed E-state index contributed by atoms with van der Waals surface area (Å²) in [7, 11) is 0. The van der Waals surface area contributed by atoms with Gasteiger partial charge in [0.2, 0.25) is 5.91 Å². The highest BCUT2D eigenvalue weighted by Crippen LogP contribution is 2.27. The fraction of sp³-hybridized carbons (Fsp3) is 0.296. The van der Waals surface area contributed by atoms with Gasteiger partial charge in [0, 0.05) is 6.54 Å². The van der Waals surface area contributed by atoms with E-state index >= 15 is 0 Å². The second kappa shape index (κ2) is 12.4. The number of benzene rings is 2. The lowest BCUT2D eigenvalue weighted by atomic mass is 10.2. The average Bonchev–Trinajstić information content (AvgIpc) is 2.89. The number of anilines is 2. The summed E-state index contributed by atoms with van der Waals surface area (Å²) in [5.41, 5.74) is 1.07. The zero-order valence-corrected chi connectivity index (χ0v) is 19.6. The van der Waals surface area contributed by atoms with E-state index in [4.69, 9.17) is 9.47 Å². The maximum absolute atomic E-state index is 13.3. The van der Waals surface area contributed by atoms with E-state index in [1.54, 1.807) is 23.1 Å². The van der Waals surface area contributed by atoms with Gasteiger partial charge in [0.05, 0.1) is 25.4 Å². The molecule has 8 heteroatoms. The Balaban J connectivity index is 1.40. The highest BCUT2D eigenvalue weighted by molar-refractivity contribution is 5.95. The third-order valence-electron chi connectivity index (χ3n) is 5.51. The van der Waals surface area contributed by atoms with Crippen molar-refractivity contribution in [2.75, 3.05) is 38.2 Å². The molecule has 1 aliphatic rings. The third-order valence-corrected chi connectivity index (χ3v) is 5.51. The SMILES string of the molecule is O=C(CN1CCCCCOc2ccccc2Nc2cccc(n2)C1=O)NCCOc1ccccc1. The van der Waals surface area contributed by atoms with Gasteiger partial charge in [-0.3, -0.25) is 9.59 Å². The average molecular weight is 475 g/mol. The molecule has 0 saturated heterocycles. The van der Waals surface area contributed by atoms with Gasteiger partial charge in [-0.05, 0) is 55.7 Å². The molecule has 2 amide bonds. The highest BCUT2D eigenvalue weighted by Gasteiger charge is 2.20. The lowest BCUT2D eigenvalue weighted by Crippen LogP contribution is -2.42. The first-order valence-electron chi connectivity index (χ1n) is 11.9. The van der Waals surface area contributed by atoms with Crippen LogP contribution in [0.3, 0.4) is 0 Å². The van der Waals surface area contributed by atoms with Crippen LogP contribution in [0.25, 0.3) is 0 Å². The molecule has 8 nitrogen and oxygen atoms in total. The number of para-hydroxylation sites is 3. The molecule has 2 aromatic carbocycles. The maximum atomic E-state index is 13.3. The molecule has 0 radical (unpaired) electrons. The summed E-state index contributed by atoms with van der Waals surface area (Å²) < 4.78 is 11.6. The van der Waals surface area contributed by atoms with Gasteiger partial charge in [0.1, 0.15) is 29.6 Å². The summed E-state index contributed by atoms with van der Waals surface area (Å²) in [5, 5.41) is 6.07. The minimum absolute atomic E-state index is 0.0388. The Labute approximate surface area is 205 Å². The number of carbonyl (C=O) groups excluding carboxylic acids is 2. The summed E-state index contributed by atoms with van der Waals surface area (Å²) >= 11 is 0. The maximum Gasteiger partial charge on any atom is 0.273 e. The highest BCUT2D eigenvalue weighted by atomic mass is 16.5. The van der Waals surface area contributed by atoms with E-state index in [-0.39, 0.29) is 24.1 Å². The summed E-state index contributed by atoms with van der Waals surface area (Å²) in [4.78, 5) is 31.9. The third kappa shape index (κ3) is 7.20. The first-order valence-corrected chi connectivity index (χ1v) is 11.9. The number of aromatic nitrogens is 1. The second-order valence-electron chi connectivity index (χ2n) is 8.18. The number of hydrogen-bond acceptors (Lipinski definition) is 6. The number of nitrogens with zero attached hydrogens (tertiary/aromatic N) is 2. The molecule has 2 bridgehead atoms. The van der Waals surface area contributed by atoms with Crippen LogP contribution in [-0.2, 0) is 4.79 Å².